The molecular formula is C125H82N10. The van der Waals surface area contributed by atoms with E-state index in [1.807, 2.05) is 77.6 Å². The Kier molecular flexibility index (Phi) is 20.8. The number of hydrogen-bond acceptors (Lipinski definition) is 7. The second-order valence-electron chi connectivity index (χ2n) is 33.8. The molecule has 632 valence electrons. The van der Waals surface area contributed by atoms with Gasteiger partial charge in [0.1, 0.15) is 5.69 Å². The number of imidazole rings is 3. The Morgan fingerprint density at radius 1 is 0.178 bits per heavy atom. The first-order chi connectivity index (χ1) is 67.0. The summed E-state index contributed by atoms with van der Waals surface area (Å²) in [6, 6.07) is 164. The molecule has 6 heterocycles. The molecule has 0 aliphatic heterocycles. The molecule has 10 nitrogen and oxygen atoms in total. The van der Waals surface area contributed by atoms with Crippen molar-refractivity contribution in [2.75, 3.05) is 0 Å². The van der Waals surface area contributed by atoms with Crippen LogP contribution in [0.25, 0.3) is 238 Å². The molecule has 0 fully saturated rings. The van der Waals surface area contributed by atoms with Crippen LogP contribution in [0.2, 0.25) is 0 Å². The monoisotopic (exact) mass is 1720 g/mol. The topological polar surface area (TPSA) is 105 Å². The van der Waals surface area contributed by atoms with Gasteiger partial charge in [0.25, 0.3) is 0 Å². The van der Waals surface area contributed by atoms with Gasteiger partial charge in [0, 0.05) is 54.1 Å². The van der Waals surface area contributed by atoms with E-state index in [4.69, 9.17) is 15.0 Å². The van der Waals surface area contributed by atoms with E-state index in [0.717, 1.165) is 78.7 Å². The molecule has 0 saturated carbocycles. The van der Waals surface area contributed by atoms with Gasteiger partial charge in [-0.15, -0.1) is 0 Å². The summed E-state index contributed by atoms with van der Waals surface area (Å²) in [7, 11) is 0. The highest BCUT2D eigenvalue weighted by Crippen LogP contribution is 2.50. The Hall–Kier alpha value is -18.3. The minimum Gasteiger partial charge on any atom is -0.291 e. The largest absolute Gasteiger partial charge is 0.291 e. The third-order valence-corrected chi connectivity index (χ3v) is 25.9. The van der Waals surface area contributed by atoms with Gasteiger partial charge in [0.2, 0.25) is 5.78 Å². The standard InChI is InChI=1S/C44H29N3.C43H28N4.C38H25N3/c1-3-13-31(14-4-1)42-35-17-7-8-18-36(35)43(32-15-5-2-6-16-32)38-29-33(24-27-37(38)42)30-22-25-34(26-23-30)47-41-21-10-9-19-39(41)46-44(47)40-20-11-12-28-45-40;1-3-12-30(13-4-1)40-34-16-7-8-17-35(34)41(31-14-5-2-6-15-31)37-28-32(22-25-36(37)40)29-20-23-33(24-21-29)47-39-19-10-9-18-38(39)46-43(47)42-44-26-11-27-45-42;1-3-10-28(11-4-1)36-31-14-7-8-15-32(31)37(29-12-5-2-6-13-29)34-24-30(20-21-33(34)36)26-16-18-27(19-17-26)35-25-41-23-9-22-39-38(41)40-35/h1-29H;1-28H;1-25H. The number of hydrogen-bond donors (Lipinski definition) is 0. The summed E-state index contributed by atoms with van der Waals surface area (Å²) in [5.74, 6) is 2.85. The van der Waals surface area contributed by atoms with Crippen LogP contribution in [0, 0.1) is 0 Å². The van der Waals surface area contributed by atoms with Crippen molar-refractivity contribution in [1.82, 2.24) is 48.4 Å². The Morgan fingerprint density at radius 2 is 0.474 bits per heavy atom. The predicted octanol–water partition coefficient (Wildman–Crippen LogP) is 31.9. The van der Waals surface area contributed by atoms with Crippen molar-refractivity contribution in [2.24, 2.45) is 0 Å². The third kappa shape index (κ3) is 14.9. The number of fused-ring (bicyclic) bond motifs is 9. The Labute approximate surface area is 779 Å². The SMILES string of the molecule is c1ccc(-c2c3ccccc3c(-c3ccccc3)c3cc(-c4ccc(-c5cn6cccnc6n5)cc4)ccc23)cc1.c1ccc(-c2c3ccccc3c(-c3ccccc3)c3cc(-c4ccc(-n5c(-c6ccccn6)nc6ccccc65)cc4)ccc23)cc1.c1ccc(-c2c3ccccc3c(-c3ccccc3)c3cc(-c4ccc(-n5c(-c6ncccn6)nc6ccccc65)cc4)ccc23)cc1. The van der Waals surface area contributed by atoms with Gasteiger partial charge in [-0.2, -0.15) is 0 Å². The van der Waals surface area contributed by atoms with Crippen LogP contribution in [0.15, 0.2) is 498 Å². The van der Waals surface area contributed by atoms with E-state index in [1.165, 1.54) is 148 Å². The van der Waals surface area contributed by atoms with Gasteiger partial charge < -0.3 is 0 Å². The average Bonchev–Trinajstić information content (AvgIpc) is 0.812. The van der Waals surface area contributed by atoms with Gasteiger partial charge in [-0.05, 0) is 256 Å². The Balaban J connectivity index is 0.000000111. The molecular weight excluding hydrogens is 1640 g/mol. The van der Waals surface area contributed by atoms with E-state index in [0.29, 0.717) is 11.6 Å². The first-order valence-electron chi connectivity index (χ1n) is 45.5. The lowest BCUT2D eigenvalue weighted by Crippen LogP contribution is -2.00. The van der Waals surface area contributed by atoms with Crippen molar-refractivity contribution < 1.29 is 0 Å². The third-order valence-electron chi connectivity index (χ3n) is 25.9. The Morgan fingerprint density at radius 3 is 0.844 bits per heavy atom. The smallest absolute Gasteiger partial charge is 0.234 e. The fraction of sp³-hybridized carbons (Fsp3) is 0. The number of aromatic nitrogens is 10. The van der Waals surface area contributed by atoms with Crippen molar-refractivity contribution in [2.45, 2.75) is 0 Å². The fourth-order valence-corrected chi connectivity index (χ4v) is 19.8. The highest BCUT2D eigenvalue weighted by atomic mass is 15.1. The fourth-order valence-electron chi connectivity index (χ4n) is 19.8. The van der Waals surface area contributed by atoms with Crippen LogP contribution in [0.5, 0.6) is 0 Å². The van der Waals surface area contributed by atoms with Crippen LogP contribution in [-0.2, 0) is 0 Å². The maximum atomic E-state index is 4.97. The van der Waals surface area contributed by atoms with Crippen LogP contribution in [0.3, 0.4) is 0 Å². The van der Waals surface area contributed by atoms with Crippen LogP contribution < -0.4 is 0 Å². The lowest BCUT2D eigenvalue weighted by molar-refractivity contribution is 1.04. The molecule has 135 heavy (non-hydrogen) atoms. The summed E-state index contributed by atoms with van der Waals surface area (Å²) in [6.07, 6.45) is 11.1. The molecule has 10 heteroatoms. The lowest BCUT2D eigenvalue weighted by atomic mass is 9.85. The van der Waals surface area contributed by atoms with Gasteiger partial charge in [-0.1, -0.05) is 370 Å². The number of rotatable bonds is 14. The Bertz CT molecular complexity index is 8510. The second kappa shape index (κ2) is 35.0. The van der Waals surface area contributed by atoms with Gasteiger partial charge in [0.15, 0.2) is 17.5 Å². The first-order valence-corrected chi connectivity index (χ1v) is 45.5. The number of nitrogens with zero attached hydrogens (tertiary/aromatic N) is 10. The summed E-state index contributed by atoms with van der Waals surface area (Å²) in [5.41, 5.74) is 30.7. The summed E-state index contributed by atoms with van der Waals surface area (Å²) in [6.45, 7) is 0. The molecule has 6 aromatic heterocycles. The quantitative estimate of drug-likeness (QED) is 0.0999. The van der Waals surface area contributed by atoms with E-state index < -0.39 is 0 Å². The van der Waals surface area contributed by atoms with Gasteiger partial charge in [0.05, 0.1) is 27.8 Å². The summed E-state index contributed by atoms with van der Waals surface area (Å²) in [5, 5.41) is 15.0. The maximum absolute atomic E-state index is 4.97. The zero-order chi connectivity index (χ0) is 89.5. The van der Waals surface area contributed by atoms with Crippen molar-refractivity contribution in [3.05, 3.63) is 498 Å². The zero-order valence-corrected chi connectivity index (χ0v) is 73.3. The highest BCUT2D eigenvalue weighted by molar-refractivity contribution is 6.25. The predicted molar refractivity (Wildman–Crippen MR) is 559 cm³/mol. The summed E-state index contributed by atoms with van der Waals surface area (Å²) >= 11 is 0. The van der Waals surface area contributed by atoms with Gasteiger partial charge >= 0.3 is 0 Å². The molecule has 0 radical (unpaired) electrons. The molecule has 26 aromatic rings. The summed E-state index contributed by atoms with van der Waals surface area (Å²) < 4.78 is 6.29. The number of para-hydroxylation sites is 4. The van der Waals surface area contributed by atoms with E-state index in [-0.39, 0.29) is 0 Å². The molecule has 20 aromatic carbocycles. The second-order valence-corrected chi connectivity index (χ2v) is 33.8. The van der Waals surface area contributed by atoms with Crippen molar-refractivity contribution in [1.29, 1.82) is 0 Å². The maximum Gasteiger partial charge on any atom is 0.234 e. The van der Waals surface area contributed by atoms with Crippen LogP contribution >= 0.6 is 0 Å². The van der Waals surface area contributed by atoms with E-state index >= 15 is 0 Å². The molecule has 0 aliphatic rings. The molecule has 0 spiro atoms. The first kappa shape index (κ1) is 80.1. The molecule has 0 aliphatic carbocycles. The van der Waals surface area contributed by atoms with Gasteiger partial charge in [-0.3, -0.25) is 18.5 Å². The van der Waals surface area contributed by atoms with E-state index in [9.17, 15) is 0 Å². The lowest BCUT2D eigenvalue weighted by Gasteiger charge is -2.19. The normalized spacial score (nSPS) is 11.4. The molecule has 0 bridgehead atoms. The molecule has 0 atom stereocenters. The number of benzene rings is 20. The van der Waals surface area contributed by atoms with Crippen LogP contribution in [0.1, 0.15) is 0 Å². The average molecular weight is 1720 g/mol. The minimum absolute atomic E-state index is 0.595. The molecule has 0 N–H and O–H groups in total. The number of pyridine rings is 1. The zero-order valence-electron chi connectivity index (χ0n) is 73.3. The van der Waals surface area contributed by atoms with Crippen molar-refractivity contribution in [3.63, 3.8) is 0 Å². The minimum atomic E-state index is 0.595. The van der Waals surface area contributed by atoms with Crippen LogP contribution in [-0.4, -0.2) is 48.4 Å². The summed E-state index contributed by atoms with van der Waals surface area (Å²) in [4.78, 5) is 32.6. The van der Waals surface area contributed by atoms with Crippen molar-refractivity contribution >= 4 is 92.5 Å². The highest BCUT2D eigenvalue weighted by Gasteiger charge is 2.25. The molecule has 0 saturated heterocycles. The van der Waals surface area contributed by atoms with E-state index in [2.05, 4.69) is 436 Å². The van der Waals surface area contributed by atoms with Crippen molar-refractivity contribution in [3.8, 4) is 146 Å². The van der Waals surface area contributed by atoms with Gasteiger partial charge in [-0.25, -0.2) is 29.9 Å². The molecule has 0 amide bonds. The van der Waals surface area contributed by atoms with E-state index in [1.54, 1.807) is 18.6 Å². The molecule has 26 rings (SSSR count). The van der Waals surface area contributed by atoms with Crippen LogP contribution in [0.4, 0.5) is 0 Å². The molecule has 0 unspecified atom stereocenters.